The number of aromatic nitrogens is 4. The van der Waals surface area contributed by atoms with E-state index in [1.807, 2.05) is 43.3 Å². The molecule has 0 aliphatic carbocycles. The van der Waals surface area contributed by atoms with Gasteiger partial charge in [0.15, 0.2) is 5.69 Å². The Morgan fingerprint density at radius 2 is 1.90 bits per heavy atom. The fraction of sp³-hybridized carbons (Fsp3) is 0.0667. The Morgan fingerprint density at radius 1 is 1.10 bits per heavy atom. The lowest BCUT2D eigenvalue weighted by Gasteiger charge is -2.02. The second-order valence-corrected chi connectivity index (χ2v) is 4.53. The maximum absolute atomic E-state index is 12.1. The predicted molar refractivity (Wildman–Crippen MR) is 78.3 cm³/mol. The standard InChI is InChI=1S/C15H13N5O/c1-11-7-8-14(16-9-11)18-15(21)13-10-17-20(19-13)12-5-3-2-4-6-12/h2-10H,1H3,(H,16,18,21). The number of amides is 1. The molecular formula is C15H13N5O. The van der Waals surface area contributed by atoms with E-state index in [1.165, 1.54) is 11.0 Å². The fourth-order valence-corrected chi connectivity index (χ4v) is 1.77. The molecule has 0 saturated carbocycles. The van der Waals surface area contributed by atoms with Crippen molar-refractivity contribution in [3.63, 3.8) is 0 Å². The van der Waals surface area contributed by atoms with Crippen LogP contribution in [0.25, 0.3) is 5.69 Å². The maximum atomic E-state index is 12.1. The molecule has 0 fully saturated rings. The molecule has 0 unspecified atom stereocenters. The summed E-state index contributed by atoms with van der Waals surface area (Å²) in [5, 5.41) is 10.9. The van der Waals surface area contributed by atoms with Crippen molar-refractivity contribution in [2.24, 2.45) is 0 Å². The highest BCUT2D eigenvalue weighted by molar-refractivity contribution is 6.02. The fourth-order valence-electron chi connectivity index (χ4n) is 1.77. The Labute approximate surface area is 121 Å². The topological polar surface area (TPSA) is 72.7 Å². The number of nitrogens with one attached hydrogen (secondary N) is 1. The molecule has 104 valence electrons. The van der Waals surface area contributed by atoms with Crippen LogP contribution in [0.1, 0.15) is 16.1 Å². The van der Waals surface area contributed by atoms with E-state index >= 15 is 0 Å². The average Bonchev–Trinajstić information content (AvgIpc) is 3.00. The molecule has 0 bridgehead atoms. The number of pyridine rings is 1. The number of carbonyl (C=O) groups excluding carboxylic acids is 1. The summed E-state index contributed by atoms with van der Waals surface area (Å²) < 4.78 is 0. The SMILES string of the molecule is Cc1ccc(NC(=O)c2cnn(-c3ccccc3)n2)nc1. The number of hydrogen-bond acceptors (Lipinski definition) is 4. The number of nitrogens with zero attached hydrogens (tertiary/aromatic N) is 4. The lowest BCUT2D eigenvalue weighted by atomic mass is 10.3. The van der Waals surface area contributed by atoms with E-state index in [0.29, 0.717) is 5.82 Å². The second kappa shape index (κ2) is 5.54. The molecule has 0 saturated heterocycles. The highest BCUT2D eigenvalue weighted by atomic mass is 16.2. The van der Waals surface area contributed by atoms with Crippen molar-refractivity contribution in [2.45, 2.75) is 6.92 Å². The van der Waals surface area contributed by atoms with Crippen LogP contribution in [0.15, 0.2) is 54.9 Å². The second-order valence-electron chi connectivity index (χ2n) is 4.53. The molecule has 0 aliphatic rings. The summed E-state index contributed by atoms with van der Waals surface area (Å²) in [5.41, 5.74) is 2.06. The number of carbonyl (C=O) groups is 1. The highest BCUT2D eigenvalue weighted by Gasteiger charge is 2.12. The van der Waals surface area contributed by atoms with Gasteiger partial charge < -0.3 is 5.32 Å². The summed E-state index contributed by atoms with van der Waals surface area (Å²) >= 11 is 0. The van der Waals surface area contributed by atoms with Gasteiger partial charge in [0.25, 0.3) is 5.91 Å². The predicted octanol–water partition coefficient (Wildman–Crippen LogP) is 2.22. The first-order valence-electron chi connectivity index (χ1n) is 6.44. The molecule has 1 amide bonds. The highest BCUT2D eigenvalue weighted by Crippen LogP contribution is 2.07. The number of aryl methyl sites for hydroxylation is 1. The molecule has 1 aromatic carbocycles. The minimum Gasteiger partial charge on any atom is -0.305 e. The zero-order chi connectivity index (χ0) is 14.7. The number of anilines is 1. The Kier molecular flexibility index (Phi) is 3.42. The van der Waals surface area contributed by atoms with Gasteiger partial charge in [0.2, 0.25) is 0 Å². The van der Waals surface area contributed by atoms with E-state index in [-0.39, 0.29) is 11.6 Å². The third-order valence-corrected chi connectivity index (χ3v) is 2.86. The van der Waals surface area contributed by atoms with Crippen LogP contribution in [-0.4, -0.2) is 25.9 Å². The zero-order valence-corrected chi connectivity index (χ0v) is 11.4. The summed E-state index contributed by atoms with van der Waals surface area (Å²) in [5.74, 6) is 0.147. The van der Waals surface area contributed by atoms with Gasteiger partial charge >= 0.3 is 0 Å². The average molecular weight is 279 g/mol. The smallest absolute Gasteiger partial charge is 0.279 e. The van der Waals surface area contributed by atoms with Gasteiger partial charge in [-0.15, -0.1) is 5.10 Å². The number of benzene rings is 1. The molecule has 2 heterocycles. The van der Waals surface area contributed by atoms with Crippen molar-refractivity contribution < 1.29 is 4.79 Å². The third-order valence-electron chi connectivity index (χ3n) is 2.86. The minimum absolute atomic E-state index is 0.237. The van der Waals surface area contributed by atoms with Crippen molar-refractivity contribution in [2.75, 3.05) is 5.32 Å². The normalized spacial score (nSPS) is 10.3. The Morgan fingerprint density at radius 3 is 2.62 bits per heavy atom. The van der Waals surface area contributed by atoms with Crippen molar-refractivity contribution in [1.82, 2.24) is 20.0 Å². The minimum atomic E-state index is -0.339. The van der Waals surface area contributed by atoms with Gasteiger partial charge in [0.1, 0.15) is 5.82 Å². The monoisotopic (exact) mass is 279 g/mol. The quantitative estimate of drug-likeness (QED) is 0.798. The van der Waals surface area contributed by atoms with Gasteiger partial charge in [-0.2, -0.15) is 9.90 Å². The summed E-state index contributed by atoms with van der Waals surface area (Å²) in [7, 11) is 0. The van der Waals surface area contributed by atoms with Gasteiger partial charge in [-0.3, -0.25) is 4.79 Å². The van der Waals surface area contributed by atoms with E-state index in [4.69, 9.17) is 0 Å². The van der Waals surface area contributed by atoms with Crippen LogP contribution in [0.2, 0.25) is 0 Å². The molecule has 0 atom stereocenters. The van der Waals surface area contributed by atoms with Crippen LogP contribution in [0.4, 0.5) is 5.82 Å². The Hall–Kier alpha value is -3.02. The summed E-state index contributed by atoms with van der Waals surface area (Å²) in [6.45, 7) is 1.93. The molecule has 0 aliphatic heterocycles. The molecular weight excluding hydrogens is 266 g/mol. The molecule has 3 rings (SSSR count). The van der Waals surface area contributed by atoms with E-state index < -0.39 is 0 Å². The molecule has 1 N–H and O–H groups in total. The summed E-state index contributed by atoms with van der Waals surface area (Å²) in [6, 6.07) is 13.0. The summed E-state index contributed by atoms with van der Waals surface area (Å²) in [4.78, 5) is 17.6. The van der Waals surface area contributed by atoms with Gasteiger partial charge in [0.05, 0.1) is 11.9 Å². The molecule has 0 spiro atoms. The van der Waals surface area contributed by atoms with Gasteiger partial charge in [-0.25, -0.2) is 4.98 Å². The van der Waals surface area contributed by atoms with Gasteiger partial charge in [-0.05, 0) is 30.7 Å². The zero-order valence-electron chi connectivity index (χ0n) is 11.4. The Bertz CT molecular complexity index is 749. The lowest BCUT2D eigenvalue weighted by Crippen LogP contribution is -2.14. The van der Waals surface area contributed by atoms with Crippen molar-refractivity contribution in [3.8, 4) is 5.69 Å². The van der Waals surface area contributed by atoms with Gasteiger partial charge in [-0.1, -0.05) is 24.3 Å². The molecule has 6 heteroatoms. The van der Waals surface area contributed by atoms with Crippen LogP contribution >= 0.6 is 0 Å². The van der Waals surface area contributed by atoms with Crippen LogP contribution < -0.4 is 5.32 Å². The van der Waals surface area contributed by atoms with Crippen LogP contribution in [-0.2, 0) is 0 Å². The van der Waals surface area contributed by atoms with E-state index in [2.05, 4.69) is 20.5 Å². The largest absolute Gasteiger partial charge is 0.305 e. The Balaban J connectivity index is 1.77. The first kappa shape index (κ1) is 13.0. The number of hydrogen-bond donors (Lipinski definition) is 1. The lowest BCUT2D eigenvalue weighted by molar-refractivity contribution is 0.102. The molecule has 0 radical (unpaired) electrons. The van der Waals surface area contributed by atoms with Crippen molar-refractivity contribution in [1.29, 1.82) is 0 Å². The van der Waals surface area contributed by atoms with Crippen molar-refractivity contribution in [3.05, 3.63) is 66.1 Å². The maximum Gasteiger partial charge on any atom is 0.279 e. The first-order chi connectivity index (χ1) is 10.2. The van der Waals surface area contributed by atoms with Crippen LogP contribution in [0.5, 0.6) is 0 Å². The van der Waals surface area contributed by atoms with E-state index in [0.717, 1.165) is 11.3 Å². The molecule has 21 heavy (non-hydrogen) atoms. The number of rotatable bonds is 3. The van der Waals surface area contributed by atoms with Crippen LogP contribution in [0.3, 0.4) is 0 Å². The van der Waals surface area contributed by atoms with E-state index in [1.54, 1.807) is 12.3 Å². The van der Waals surface area contributed by atoms with E-state index in [9.17, 15) is 4.79 Å². The number of para-hydroxylation sites is 1. The van der Waals surface area contributed by atoms with Crippen LogP contribution in [0, 0.1) is 6.92 Å². The molecule has 6 nitrogen and oxygen atoms in total. The molecule has 2 aromatic heterocycles. The van der Waals surface area contributed by atoms with Gasteiger partial charge in [0, 0.05) is 6.20 Å². The third kappa shape index (κ3) is 2.94. The summed E-state index contributed by atoms with van der Waals surface area (Å²) in [6.07, 6.45) is 3.12. The first-order valence-corrected chi connectivity index (χ1v) is 6.44. The van der Waals surface area contributed by atoms with Crippen molar-refractivity contribution >= 4 is 11.7 Å². The molecule has 3 aromatic rings.